The van der Waals surface area contributed by atoms with Crippen molar-refractivity contribution in [1.29, 1.82) is 0 Å². The number of nitrogens with one attached hydrogen (secondary N) is 1. The van der Waals surface area contributed by atoms with Crippen molar-refractivity contribution in [3.05, 3.63) is 47.7 Å². The molecule has 1 fully saturated rings. The number of methoxy groups -OCH3 is 1. The fraction of sp³-hybridized carbons (Fsp3) is 0.333. The monoisotopic (exact) mass is 409 g/mol. The molecule has 1 aromatic carbocycles. The van der Waals surface area contributed by atoms with Crippen LogP contribution in [0.2, 0.25) is 0 Å². The van der Waals surface area contributed by atoms with Crippen molar-refractivity contribution in [2.24, 2.45) is 5.92 Å². The average Bonchev–Trinajstić information content (AvgIpc) is 3.14. The number of ether oxygens (including phenoxy) is 1. The van der Waals surface area contributed by atoms with E-state index in [1.165, 1.54) is 11.3 Å². The van der Waals surface area contributed by atoms with Crippen molar-refractivity contribution >= 4 is 28.2 Å². The van der Waals surface area contributed by atoms with E-state index in [0.717, 1.165) is 47.1 Å². The van der Waals surface area contributed by atoms with Crippen LogP contribution >= 0.6 is 11.3 Å². The molecular formula is C21H23N5O2S. The van der Waals surface area contributed by atoms with E-state index in [-0.39, 0.29) is 11.8 Å². The van der Waals surface area contributed by atoms with E-state index >= 15 is 0 Å². The molecule has 7 nitrogen and oxygen atoms in total. The molecule has 1 saturated heterocycles. The van der Waals surface area contributed by atoms with Crippen molar-refractivity contribution < 1.29 is 9.53 Å². The second kappa shape index (κ2) is 8.57. The van der Waals surface area contributed by atoms with Gasteiger partial charge in [0.05, 0.1) is 24.9 Å². The van der Waals surface area contributed by atoms with Crippen LogP contribution in [0.4, 0.5) is 10.9 Å². The summed E-state index contributed by atoms with van der Waals surface area (Å²) >= 11 is 1.50. The first kappa shape index (κ1) is 19.3. The summed E-state index contributed by atoms with van der Waals surface area (Å²) < 4.78 is 5.21. The minimum Gasteiger partial charge on any atom is -0.497 e. The Labute approximate surface area is 173 Å². The Morgan fingerprint density at radius 3 is 2.83 bits per heavy atom. The summed E-state index contributed by atoms with van der Waals surface area (Å²) in [5.74, 6) is 1.53. The van der Waals surface area contributed by atoms with Gasteiger partial charge in [-0.05, 0) is 44.0 Å². The second-order valence-corrected chi connectivity index (χ2v) is 8.19. The molecule has 0 spiro atoms. The van der Waals surface area contributed by atoms with Gasteiger partial charge in [0.15, 0.2) is 5.13 Å². The fourth-order valence-corrected chi connectivity index (χ4v) is 4.37. The first-order valence-corrected chi connectivity index (χ1v) is 10.4. The first-order valence-electron chi connectivity index (χ1n) is 9.57. The van der Waals surface area contributed by atoms with Crippen molar-refractivity contribution in [3.63, 3.8) is 0 Å². The van der Waals surface area contributed by atoms with Crippen LogP contribution in [0.5, 0.6) is 5.75 Å². The van der Waals surface area contributed by atoms with E-state index in [2.05, 4.69) is 25.2 Å². The van der Waals surface area contributed by atoms with Crippen LogP contribution in [0, 0.1) is 12.8 Å². The number of nitrogens with zero attached hydrogens (tertiary/aromatic N) is 4. The lowest BCUT2D eigenvalue weighted by atomic mass is 9.97. The highest BCUT2D eigenvalue weighted by Crippen LogP contribution is 2.32. The van der Waals surface area contributed by atoms with Crippen LogP contribution in [-0.2, 0) is 4.79 Å². The van der Waals surface area contributed by atoms with Gasteiger partial charge < -0.3 is 15.0 Å². The Morgan fingerprint density at radius 1 is 1.28 bits per heavy atom. The maximum atomic E-state index is 12.9. The van der Waals surface area contributed by atoms with Crippen molar-refractivity contribution in [2.45, 2.75) is 19.8 Å². The molecule has 0 bridgehead atoms. The van der Waals surface area contributed by atoms with Crippen LogP contribution in [0.1, 0.15) is 17.7 Å². The predicted octanol–water partition coefficient (Wildman–Crippen LogP) is 3.77. The lowest BCUT2D eigenvalue weighted by molar-refractivity contribution is -0.120. The molecule has 0 saturated carbocycles. The number of rotatable bonds is 5. The third kappa shape index (κ3) is 4.37. The van der Waals surface area contributed by atoms with Gasteiger partial charge in [-0.1, -0.05) is 0 Å². The SMILES string of the molecule is COc1ccc(-c2nc(NC(=O)C3CCCN(c4cnccn4)C3)sc2C)cc1. The van der Waals surface area contributed by atoms with E-state index in [1.54, 1.807) is 25.7 Å². The number of anilines is 2. The maximum Gasteiger partial charge on any atom is 0.231 e. The van der Waals surface area contributed by atoms with Gasteiger partial charge in [-0.2, -0.15) is 0 Å². The fourth-order valence-electron chi connectivity index (χ4n) is 3.53. The van der Waals surface area contributed by atoms with E-state index in [4.69, 9.17) is 4.74 Å². The third-order valence-electron chi connectivity index (χ3n) is 5.06. The average molecular weight is 410 g/mol. The molecule has 1 aliphatic heterocycles. The second-order valence-electron chi connectivity index (χ2n) is 6.99. The first-order chi connectivity index (χ1) is 14.1. The lowest BCUT2D eigenvalue weighted by Crippen LogP contribution is -2.41. The summed E-state index contributed by atoms with van der Waals surface area (Å²) in [5, 5.41) is 3.65. The van der Waals surface area contributed by atoms with Gasteiger partial charge in [0.2, 0.25) is 5.91 Å². The quantitative estimate of drug-likeness (QED) is 0.691. The molecule has 0 radical (unpaired) electrons. The van der Waals surface area contributed by atoms with Crippen molar-refractivity contribution in [1.82, 2.24) is 15.0 Å². The molecular weight excluding hydrogens is 386 g/mol. The Morgan fingerprint density at radius 2 is 2.10 bits per heavy atom. The van der Waals surface area contributed by atoms with Crippen LogP contribution in [0.3, 0.4) is 0 Å². The largest absolute Gasteiger partial charge is 0.497 e. The van der Waals surface area contributed by atoms with Crippen molar-refractivity contribution in [2.75, 3.05) is 30.4 Å². The van der Waals surface area contributed by atoms with Gasteiger partial charge in [-0.25, -0.2) is 9.97 Å². The maximum absolute atomic E-state index is 12.9. The van der Waals surface area contributed by atoms with Crippen LogP contribution in [0.25, 0.3) is 11.3 Å². The number of thiazole rings is 1. The van der Waals surface area contributed by atoms with Crippen LogP contribution < -0.4 is 15.0 Å². The smallest absolute Gasteiger partial charge is 0.231 e. The molecule has 1 amide bonds. The molecule has 4 rings (SSSR count). The molecule has 2 aromatic heterocycles. The topological polar surface area (TPSA) is 80.2 Å². The highest BCUT2D eigenvalue weighted by molar-refractivity contribution is 7.16. The minimum atomic E-state index is -0.0978. The summed E-state index contributed by atoms with van der Waals surface area (Å²) in [6.45, 7) is 3.55. The zero-order valence-electron chi connectivity index (χ0n) is 16.5. The highest BCUT2D eigenvalue weighted by atomic mass is 32.1. The Hall–Kier alpha value is -3.00. The Kier molecular flexibility index (Phi) is 5.71. The zero-order valence-corrected chi connectivity index (χ0v) is 17.3. The third-order valence-corrected chi connectivity index (χ3v) is 5.94. The Balaban J connectivity index is 1.44. The molecule has 3 aromatic rings. The number of aryl methyl sites for hydroxylation is 1. The van der Waals surface area contributed by atoms with Crippen LogP contribution in [-0.4, -0.2) is 41.1 Å². The predicted molar refractivity (Wildman–Crippen MR) is 114 cm³/mol. The summed E-state index contributed by atoms with van der Waals surface area (Å²) in [4.78, 5) is 29.2. The van der Waals surface area contributed by atoms with Crippen LogP contribution in [0.15, 0.2) is 42.9 Å². The molecule has 3 heterocycles. The molecule has 150 valence electrons. The molecule has 0 aliphatic carbocycles. The molecule has 1 unspecified atom stereocenters. The minimum absolute atomic E-state index is 0.00798. The normalized spacial score (nSPS) is 16.5. The number of carbonyl (C=O) groups excluding carboxylic acids is 1. The van der Waals surface area contributed by atoms with Gasteiger partial charge in [-0.15, -0.1) is 11.3 Å². The Bertz CT molecular complexity index is 974. The molecule has 1 aliphatic rings. The summed E-state index contributed by atoms with van der Waals surface area (Å²) in [6, 6.07) is 7.78. The van der Waals surface area contributed by atoms with Gasteiger partial charge in [-0.3, -0.25) is 9.78 Å². The number of hydrogen-bond donors (Lipinski definition) is 1. The van der Waals surface area contributed by atoms with E-state index < -0.39 is 0 Å². The highest BCUT2D eigenvalue weighted by Gasteiger charge is 2.27. The van der Waals surface area contributed by atoms with Gasteiger partial charge >= 0.3 is 0 Å². The number of piperidine rings is 1. The molecule has 1 N–H and O–H groups in total. The van der Waals surface area contributed by atoms with Gasteiger partial charge in [0.25, 0.3) is 0 Å². The van der Waals surface area contributed by atoms with Gasteiger partial charge in [0.1, 0.15) is 11.6 Å². The summed E-state index contributed by atoms with van der Waals surface area (Å²) in [5.41, 5.74) is 1.89. The van der Waals surface area contributed by atoms with E-state index in [0.29, 0.717) is 11.7 Å². The molecule has 8 heteroatoms. The van der Waals surface area contributed by atoms with E-state index in [9.17, 15) is 4.79 Å². The van der Waals surface area contributed by atoms with Gasteiger partial charge in [0, 0.05) is 35.9 Å². The zero-order chi connectivity index (χ0) is 20.2. The summed E-state index contributed by atoms with van der Waals surface area (Å²) in [7, 11) is 1.65. The standard InChI is InChI=1S/C21H23N5O2S/c1-14-19(15-5-7-17(28-2)8-6-15)24-21(29-14)25-20(27)16-4-3-11-26(13-16)18-12-22-9-10-23-18/h5-10,12,16H,3-4,11,13H2,1-2H3,(H,24,25,27). The van der Waals surface area contributed by atoms with E-state index in [1.807, 2.05) is 31.2 Å². The number of amides is 1. The molecule has 1 atom stereocenters. The number of benzene rings is 1. The number of aromatic nitrogens is 3. The lowest BCUT2D eigenvalue weighted by Gasteiger charge is -2.32. The number of carbonyl (C=O) groups is 1. The number of hydrogen-bond acceptors (Lipinski definition) is 7. The summed E-state index contributed by atoms with van der Waals surface area (Å²) in [6.07, 6.45) is 6.88. The molecule has 29 heavy (non-hydrogen) atoms. The van der Waals surface area contributed by atoms with Crippen molar-refractivity contribution in [3.8, 4) is 17.0 Å².